The van der Waals surface area contributed by atoms with E-state index in [4.69, 9.17) is 27.9 Å². The van der Waals surface area contributed by atoms with Gasteiger partial charge in [-0.1, -0.05) is 48.3 Å². The highest BCUT2D eigenvalue weighted by atomic mass is 35.5. The van der Waals surface area contributed by atoms with Gasteiger partial charge < -0.3 is 9.64 Å². The molecule has 0 N–H and O–H groups in total. The Morgan fingerprint density at radius 1 is 1.17 bits per heavy atom. The van der Waals surface area contributed by atoms with E-state index >= 15 is 0 Å². The third-order valence-corrected chi connectivity index (χ3v) is 6.62. The second kappa shape index (κ2) is 10.7. The Morgan fingerprint density at radius 2 is 1.90 bits per heavy atom. The van der Waals surface area contributed by atoms with Crippen molar-refractivity contribution in [3.8, 4) is 0 Å². The van der Waals surface area contributed by atoms with Crippen molar-refractivity contribution >= 4 is 35.1 Å². The van der Waals surface area contributed by atoms with E-state index in [-0.39, 0.29) is 36.5 Å². The number of ether oxygens (including phenoxy) is 1. The summed E-state index contributed by atoms with van der Waals surface area (Å²) in [5, 5.41) is 0.919. The minimum atomic E-state index is -0.293. The molecule has 7 heteroatoms. The Balaban J connectivity index is 1.87. The van der Waals surface area contributed by atoms with Crippen molar-refractivity contribution in [2.75, 3.05) is 19.6 Å². The van der Waals surface area contributed by atoms with Gasteiger partial charge in [0.15, 0.2) is 0 Å². The zero-order valence-electron chi connectivity index (χ0n) is 17.7. The molecule has 0 spiro atoms. The summed E-state index contributed by atoms with van der Waals surface area (Å²) < 4.78 is 5.74. The lowest BCUT2D eigenvalue weighted by Gasteiger charge is -2.47. The quantitative estimate of drug-likeness (QED) is 0.451. The highest BCUT2D eigenvalue weighted by molar-refractivity contribution is 6.42. The number of rotatable bonds is 7. The second-order valence-electron chi connectivity index (χ2n) is 8.07. The summed E-state index contributed by atoms with van der Waals surface area (Å²) in [7, 11) is 0. The molecule has 1 aliphatic carbocycles. The van der Waals surface area contributed by atoms with E-state index < -0.39 is 0 Å². The first-order valence-electron chi connectivity index (χ1n) is 10.7. The molecule has 30 heavy (non-hydrogen) atoms. The van der Waals surface area contributed by atoms with Crippen LogP contribution in [0.3, 0.4) is 0 Å². The fraction of sp³-hybridized carbons (Fsp3) is 0.565. The lowest BCUT2D eigenvalue weighted by Crippen LogP contribution is -2.61. The lowest BCUT2D eigenvalue weighted by atomic mass is 9.85. The van der Waals surface area contributed by atoms with E-state index in [0.29, 0.717) is 16.6 Å². The number of carbonyl (C=O) groups is 2. The molecule has 0 saturated heterocycles. The fourth-order valence-corrected chi connectivity index (χ4v) is 4.96. The summed E-state index contributed by atoms with van der Waals surface area (Å²) in [5.74, 6) is -0.268. The van der Waals surface area contributed by atoms with Crippen LogP contribution in [0.15, 0.2) is 30.4 Å². The van der Waals surface area contributed by atoms with E-state index in [1.807, 2.05) is 11.0 Å². The van der Waals surface area contributed by atoms with Crippen LogP contribution in [0.5, 0.6) is 0 Å². The van der Waals surface area contributed by atoms with E-state index in [9.17, 15) is 9.59 Å². The van der Waals surface area contributed by atoms with Crippen molar-refractivity contribution in [1.82, 2.24) is 9.80 Å². The lowest BCUT2D eigenvalue weighted by molar-refractivity contribution is -0.159. The van der Waals surface area contributed by atoms with Gasteiger partial charge in [-0.25, -0.2) is 0 Å². The van der Waals surface area contributed by atoms with Gasteiger partial charge in [-0.2, -0.15) is 0 Å². The molecule has 164 valence electrons. The monoisotopic (exact) mass is 452 g/mol. The SMILES string of the molecule is CCCN(C(=O)Cc1ccc(Cl)c(Cl)c1)C1C(OC(C)=O)CCCC1N1CC=CC1. The number of hydrogen-bond donors (Lipinski definition) is 0. The molecular weight excluding hydrogens is 423 g/mol. The normalized spacial score (nSPS) is 24.1. The first kappa shape index (κ1) is 23.1. The molecule has 1 fully saturated rings. The molecule has 1 aliphatic heterocycles. The van der Waals surface area contributed by atoms with Crippen LogP contribution < -0.4 is 0 Å². The molecule has 2 aliphatic rings. The minimum absolute atomic E-state index is 0.0245. The van der Waals surface area contributed by atoms with Gasteiger partial charge >= 0.3 is 5.97 Å². The van der Waals surface area contributed by atoms with E-state index in [1.54, 1.807) is 12.1 Å². The number of nitrogens with zero attached hydrogens (tertiary/aromatic N) is 2. The molecule has 1 saturated carbocycles. The largest absolute Gasteiger partial charge is 0.460 e. The predicted octanol–water partition coefficient (Wildman–Crippen LogP) is 4.50. The van der Waals surface area contributed by atoms with Gasteiger partial charge in [-0.3, -0.25) is 14.5 Å². The summed E-state index contributed by atoms with van der Waals surface area (Å²) in [6, 6.07) is 5.32. The van der Waals surface area contributed by atoms with E-state index in [2.05, 4.69) is 24.0 Å². The van der Waals surface area contributed by atoms with Gasteiger partial charge in [0, 0.05) is 32.6 Å². The molecular formula is C23H30Cl2N2O3. The van der Waals surface area contributed by atoms with E-state index in [0.717, 1.165) is 44.3 Å². The summed E-state index contributed by atoms with van der Waals surface area (Å²) >= 11 is 12.2. The molecule has 0 radical (unpaired) electrons. The standard InChI is InChI=1S/C23H30Cl2N2O3/c1-3-11-27(22(29)15-17-9-10-18(24)19(25)14-17)23-20(26-12-4-5-13-26)7-6-8-21(23)30-16(2)28/h4-5,9-10,14,20-21,23H,3,6-8,11-13,15H2,1-2H3. The third-order valence-electron chi connectivity index (χ3n) is 5.88. The van der Waals surface area contributed by atoms with Gasteiger partial charge in [-0.15, -0.1) is 0 Å². The molecule has 1 aromatic carbocycles. The third kappa shape index (κ3) is 5.57. The van der Waals surface area contributed by atoms with Gasteiger partial charge in [-0.05, 0) is 43.4 Å². The summed E-state index contributed by atoms with van der Waals surface area (Å²) in [4.78, 5) is 29.6. The number of carbonyl (C=O) groups excluding carboxylic acids is 2. The number of amides is 1. The Labute approximate surface area is 188 Å². The molecule has 3 atom stereocenters. The van der Waals surface area contributed by atoms with Crippen molar-refractivity contribution in [2.24, 2.45) is 0 Å². The number of benzene rings is 1. The Kier molecular flexibility index (Phi) is 8.20. The molecule has 5 nitrogen and oxygen atoms in total. The molecule has 0 bridgehead atoms. The summed E-state index contributed by atoms with van der Waals surface area (Å²) in [6.45, 7) is 5.87. The van der Waals surface area contributed by atoms with E-state index in [1.165, 1.54) is 6.92 Å². The number of esters is 1. The molecule has 1 heterocycles. The molecule has 1 amide bonds. The smallest absolute Gasteiger partial charge is 0.302 e. The first-order chi connectivity index (χ1) is 14.4. The number of hydrogen-bond acceptors (Lipinski definition) is 4. The van der Waals surface area contributed by atoms with Crippen molar-refractivity contribution in [1.29, 1.82) is 0 Å². The van der Waals surface area contributed by atoms with Crippen LogP contribution in [-0.4, -0.2) is 59.5 Å². The van der Waals surface area contributed by atoms with Gasteiger partial charge in [0.2, 0.25) is 5.91 Å². The van der Waals surface area contributed by atoms with Crippen LogP contribution in [-0.2, 0) is 20.7 Å². The van der Waals surface area contributed by atoms with Crippen molar-refractivity contribution in [3.05, 3.63) is 46.0 Å². The molecule has 1 aromatic rings. The minimum Gasteiger partial charge on any atom is -0.460 e. The van der Waals surface area contributed by atoms with Crippen molar-refractivity contribution < 1.29 is 14.3 Å². The highest BCUT2D eigenvalue weighted by Gasteiger charge is 2.43. The Morgan fingerprint density at radius 3 is 2.53 bits per heavy atom. The van der Waals surface area contributed by atoms with Crippen LogP contribution in [0.4, 0.5) is 0 Å². The predicted molar refractivity (Wildman–Crippen MR) is 120 cm³/mol. The first-order valence-corrected chi connectivity index (χ1v) is 11.5. The average molecular weight is 453 g/mol. The maximum atomic E-state index is 13.5. The van der Waals surface area contributed by atoms with Crippen LogP contribution in [0, 0.1) is 0 Å². The van der Waals surface area contributed by atoms with Crippen molar-refractivity contribution in [3.63, 3.8) is 0 Å². The maximum absolute atomic E-state index is 13.5. The topological polar surface area (TPSA) is 49.9 Å². The van der Waals surface area contributed by atoms with Gasteiger partial charge in [0.25, 0.3) is 0 Å². The Hall–Kier alpha value is -1.56. The van der Waals surface area contributed by atoms with Crippen LogP contribution in [0.2, 0.25) is 10.0 Å². The summed E-state index contributed by atoms with van der Waals surface area (Å²) in [5.41, 5.74) is 0.828. The fourth-order valence-electron chi connectivity index (χ4n) is 4.64. The number of halogens is 2. The highest BCUT2D eigenvalue weighted by Crippen LogP contribution is 2.32. The molecule has 0 aromatic heterocycles. The second-order valence-corrected chi connectivity index (χ2v) is 8.89. The van der Waals surface area contributed by atoms with Crippen LogP contribution in [0.25, 0.3) is 0 Å². The Bertz CT molecular complexity index is 791. The average Bonchev–Trinajstić information content (AvgIpc) is 3.23. The van der Waals surface area contributed by atoms with Crippen LogP contribution >= 0.6 is 23.2 Å². The van der Waals surface area contributed by atoms with Gasteiger partial charge in [0.1, 0.15) is 6.10 Å². The van der Waals surface area contributed by atoms with Crippen LogP contribution in [0.1, 0.15) is 45.1 Å². The molecule has 3 rings (SSSR count). The maximum Gasteiger partial charge on any atom is 0.302 e. The zero-order chi connectivity index (χ0) is 21.7. The zero-order valence-corrected chi connectivity index (χ0v) is 19.2. The summed E-state index contributed by atoms with van der Waals surface area (Å²) in [6.07, 6.45) is 7.86. The van der Waals surface area contributed by atoms with Crippen molar-refractivity contribution in [2.45, 2.75) is 64.1 Å². The van der Waals surface area contributed by atoms with Gasteiger partial charge in [0.05, 0.1) is 22.5 Å². The molecule has 3 unspecified atom stereocenters.